The van der Waals surface area contributed by atoms with Crippen LogP contribution in [0.15, 0.2) is 15.5 Å². The van der Waals surface area contributed by atoms with Gasteiger partial charge in [-0.1, -0.05) is 5.16 Å². The van der Waals surface area contributed by atoms with Crippen molar-refractivity contribution in [3.63, 3.8) is 0 Å². The van der Waals surface area contributed by atoms with Crippen LogP contribution in [0.3, 0.4) is 0 Å². The first-order valence-corrected chi connectivity index (χ1v) is 10.2. The number of nitrogens with zero attached hydrogens (tertiary/aromatic N) is 2. The molecule has 0 amide bonds. The summed E-state index contributed by atoms with van der Waals surface area (Å²) in [6.07, 6.45) is 0. The second kappa shape index (κ2) is 8.27. The summed E-state index contributed by atoms with van der Waals surface area (Å²) in [4.78, 5) is 24.2. The summed E-state index contributed by atoms with van der Waals surface area (Å²) in [5.41, 5.74) is 2.41. The van der Waals surface area contributed by atoms with Crippen molar-refractivity contribution >= 4 is 21.8 Å². The minimum Gasteiger partial charge on any atom is -0.456 e. The fourth-order valence-corrected chi connectivity index (χ4v) is 4.51. The van der Waals surface area contributed by atoms with E-state index in [2.05, 4.69) is 9.88 Å². The van der Waals surface area contributed by atoms with Gasteiger partial charge in [0.15, 0.2) is 12.4 Å². The molecule has 2 rings (SSSR count). The monoisotopic (exact) mass is 411 g/mol. The molecule has 0 spiro atoms. The van der Waals surface area contributed by atoms with Gasteiger partial charge >= 0.3 is 5.97 Å². The molecule has 0 radical (unpaired) electrons. The van der Waals surface area contributed by atoms with Crippen molar-refractivity contribution < 1.29 is 27.3 Å². The number of hydrogen-bond acceptors (Lipinski definition) is 7. The number of aryl methyl sites for hydroxylation is 3. The average molecular weight is 411 g/mol. The molecule has 0 saturated heterocycles. The highest BCUT2D eigenvalue weighted by Crippen LogP contribution is 2.21. The number of carbonyl (C=O) groups excluding carboxylic acids is 2. The first-order chi connectivity index (χ1) is 13.0. The van der Waals surface area contributed by atoms with E-state index in [1.807, 2.05) is 32.3 Å². The lowest BCUT2D eigenvalue weighted by atomic mass is 10.1. The number of Topliss-reactive ketones (excluding diaryl/α,β-unsaturated/α-hetero) is 1. The Kier molecular flexibility index (Phi) is 6.45. The number of nitrogens with one attached hydrogen (secondary N) is 1. The lowest BCUT2D eigenvalue weighted by Crippen LogP contribution is -2.32. The standard InChI is InChI=1S/C18H25N3O6S/c1-10(2)21-11(3)7-15(13(21)5)16(22)9-26-17(23)8-19-28(24,25)18-12(4)20-27-14(18)6/h7,10,19H,8-9H2,1-6H3. The molecule has 0 aliphatic rings. The Morgan fingerprint density at radius 3 is 2.39 bits per heavy atom. The number of sulfonamides is 1. The predicted octanol–water partition coefficient (Wildman–Crippen LogP) is 2.00. The van der Waals surface area contributed by atoms with E-state index in [1.54, 1.807) is 6.07 Å². The quantitative estimate of drug-likeness (QED) is 0.521. The third-order valence-corrected chi connectivity index (χ3v) is 5.95. The molecule has 1 N–H and O–H groups in total. The fourth-order valence-electron chi connectivity index (χ4n) is 3.21. The molecule has 0 bridgehead atoms. The van der Waals surface area contributed by atoms with Crippen molar-refractivity contribution in [3.8, 4) is 0 Å². The molecule has 0 saturated carbocycles. The summed E-state index contributed by atoms with van der Waals surface area (Å²) < 4.78 is 38.4. The van der Waals surface area contributed by atoms with Crippen LogP contribution < -0.4 is 4.72 Å². The van der Waals surface area contributed by atoms with Gasteiger partial charge in [-0.05, 0) is 47.6 Å². The minimum atomic E-state index is -3.98. The van der Waals surface area contributed by atoms with Gasteiger partial charge in [-0.15, -0.1) is 0 Å². The van der Waals surface area contributed by atoms with Crippen LogP contribution in [0.4, 0.5) is 0 Å². The van der Waals surface area contributed by atoms with Crippen molar-refractivity contribution in [2.24, 2.45) is 0 Å². The van der Waals surface area contributed by atoms with Gasteiger partial charge in [0.25, 0.3) is 0 Å². The van der Waals surface area contributed by atoms with Gasteiger partial charge in [0.2, 0.25) is 15.8 Å². The van der Waals surface area contributed by atoms with Crippen LogP contribution in [0.5, 0.6) is 0 Å². The molecular formula is C18H25N3O6S. The van der Waals surface area contributed by atoms with Gasteiger partial charge in [-0.25, -0.2) is 8.42 Å². The lowest BCUT2D eigenvalue weighted by molar-refractivity contribution is -0.141. The van der Waals surface area contributed by atoms with E-state index < -0.39 is 29.1 Å². The van der Waals surface area contributed by atoms with Gasteiger partial charge in [-0.3, -0.25) is 9.59 Å². The third-order valence-electron chi connectivity index (χ3n) is 4.31. The van der Waals surface area contributed by atoms with Crippen LogP contribution in [0.25, 0.3) is 0 Å². The van der Waals surface area contributed by atoms with E-state index in [-0.39, 0.29) is 28.2 Å². The molecule has 2 heterocycles. The predicted molar refractivity (Wildman–Crippen MR) is 101 cm³/mol. The highest BCUT2D eigenvalue weighted by Gasteiger charge is 2.25. The van der Waals surface area contributed by atoms with Crippen molar-refractivity contribution in [1.29, 1.82) is 0 Å². The lowest BCUT2D eigenvalue weighted by Gasteiger charge is -2.13. The highest BCUT2D eigenvalue weighted by atomic mass is 32.2. The maximum absolute atomic E-state index is 12.4. The van der Waals surface area contributed by atoms with E-state index in [4.69, 9.17) is 9.26 Å². The number of esters is 1. The van der Waals surface area contributed by atoms with Crippen LogP contribution in [0.1, 0.15) is 53.1 Å². The van der Waals surface area contributed by atoms with E-state index >= 15 is 0 Å². The summed E-state index contributed by atoms with van der Waals surface area (Å²) in [5.74, 6) is -1.09. The number of aromatic nitrogens is 2. The molecule has 10 heteroatoms. The van der Waals surface area contributed by atoms with E-state index in [1.165, 1.54) is 13.8 Å². The molecule has 0 fully saturated rings. The topological polar surface area (TPSA) is 121 Å². The van der Waals surface area contributed by atoms with Crippen LogP contribution in [0, 0.1) is 27.7 Å². The Bertz CT molecular complexity index is 981. The summed E-state index contributed by atoms with van der Waals surface area (Å²) in [6.45, 7) is 9.63. The van der Waals surface area contributed by atoms with Gasteiger partial charge in [0, 0.05) is 23.0 Å². The molecule has 0 atom stereocenters. The van der Waals surface area contributed by atoms with Crippen molar-refractivity contribution in [3.05, 3.63) is 34.5 Å². The maximum atomic E-state index is 12.4. The largest absolute Gasteiger partial charge is 0.456 e. The summed E-state index contributed by atoms with van der Waals surface area (Å²) in [5, 5.41) is 3.58. The highest BCUT2D eigenvalue weighted by molar-refractivity contribution is 7.89. The zero-order valence-electron chi connectivity index (χ0n) is 16.8. The molecule has 154 valence electrons. The van der Waals surface area contributed by atoms with E-state index in [9.17, 15) is 18.0 Å². The number of carbonyl (C=O) groups is 2. The first-order valence-electron chi connectivity index (χ1n) is 8.75. The number of ether oxygens (including phenoxy) is 1. The molecule has 2 aromatic heterocycles. The summed E-state index contributed by atoms with van der Waals surface area (Å²) in [7, 11) is -3.98. The maximum Gasteiger partial charge on any atom is 0.321 e. The third kappa shape index (κ3) is 4.50. The Morgan fingerprint density at radius 1 is 1.25 bits per heavy atom. The van der Waals surface area contributed by atoms with Crippen LogP contribution in [-0.4, -0.2) is 43.0 Å². The smallest absolute Gasteiger partial charge is 0.321 e. The molecule has 2 aromatic rings. The van der Waals surface area contributed by atoms with Crippen LogP contribution >= 0.6 is 0 Å². The molecule has 28 heavy (non-hydrogen) atoms. The van der Waals surface area contributed by atoms with Crippen LogP contribution in [-0.2, 0) is 19.6 Å². The van der Waals surface area contributed by atoms with Crippen molar-refractivity contribution in [2.45, 2.75) is 52.5 Å². The van der Waals surface area contributed by atoms with Gasteiger partial charge in [-0.2, -0.15) is 4.72 Å². The molecule has 0 aromatic carbocycles. The fraction of sp³-hybridized carbons (Fsp3) is 0.500. The normalized spacial score (nSPS) is 11.8. The first kappa shape index (κ1) is 21.8. The number of ketones is 1. The molecule has 9 nitrogen and oxygen atoms in total. The van der Waals surface area contributed by atoms with E-state index in [0.717, 1.165) is 11.4 Å². The molecular weight excluding hydrogens is 386 g/mol. The Balaban J connectivity index is 1.96. The Morgan fingerprint density at radius 2 is 1.89 bits per heavy atom. The SMILES string of the molecule is Cc1noc(C)c1S(=O)(=O)NCC(=O)OCC(=O)c1cc(C)n(C(C)C)c1C. The Hall–Kier alpha value is -2.46. The van der Waals surface area contributed by atoms with E-state index in [0.29, 0.717) is 5.56 Å². The Labute approximate surface area is 164 Å². The molecule has 0 aliphatic carbocycles. The zero-order valence-corrected chi connectivity index (χ0v) is 17.6. The number of rotatable bonds is 8. The van der Waals surface area contributed by atoms with Gasteiger partial charge in [0.05, 0.1) is 0 Å². The molecule has 0 aliphatic heterocycles. The average Bonchev–Trinajstić information content (AvgIpc) is 3.09. The van der Waals surface area contributed by atoms with Crippen LogP contribution in [0.2, 0.25) is 0 Å². The minimum absolute atomic E-state index is 0.113. The van der Waals surface area contributed by atoms with Gasteiger partial charge in [0.1, 0.15) is 17.1 Å². The molecule has 0 unspecified atom stereocenters. The zero-order chi connectivity index (χ0) is 21.2. The summed E-state index contributed by atoms with van der Waals surface area (Å²) >= 11 is 0. The summed E-state index contributed by atoms with van der Waals surface area (Å²) in [6, 6.07) is 1.95. The van der Waals surface area contributed by atoms with Gasteiger partial charge < -0.3 is 13.8 Å². The second-order valence-electron chi connectivity index (χ2n) is 6.81. The number of hydrogen-bond donors (Lipinski definition) is 1. The second-order valence-corrected chi connectivity index (χ2v) is 8.51. The van der Waals surface area contributed by atoms with Crippen molar-refractivity contribution in [1.82, 2.24) is 14.4 Å². The van der Waals surface area contributed by atoms with Crippen molar-refractivity contribution in [2.75, 3.05) is 13.2 Å².